The summed E-state index contributed by atoms with van der Waals surface area (Å²) in [5.74, 6) is -5.01. The van der Waals surface area contributed by atoms with Crippen LogP contribution in [-0.4, -0.2) is 51.5 Å². The number of carboxylic acid groups (broad SMARTS) is 2. The molecular weight excluding hydrogens is 364 g/mol. The number of hydrogen-bond acceptors (Lipinski definition) is 5. The predicted octanol–water partition coefficient (Wildman–Crippen LogP) is 1.98. The normalized spacial score (nSPS) is 12.8. The van der Waals surface area contributed by atoms with Crippen molar-refractivity contribution in [2.24, 2.45) is 5.73 Å². The van der Waals surface area contributed by atoms with Crippen molar-refractivity contribution >= 4 is 23.8 Å². The van der Waals surface area contributed by atoms with Gasteiger partial charge in [0.05, 0.1) is 12.3 Å². The number of nitrogens with zero attached hydrogens (tertiary/aromatic N) is 1. The van der Waals surface area contributed by atoms with Gasteiger partial charge < -0.3 is 15.9 Å². The van der Waals surface area contributed by atoms with E-state index in [-0.39, 0.29) is 6.42 Å². The van der Waals surface area contributed by atoms with Crippen molar-refractivity contribution in [2.45, 2.75) is 57.4 Å². The average Bonchev–Trinajstić information content (AvgIpc) is 2.66. The second-order valence-corrected chi connectivity index (χ2v) is 6.52. The van der Waals surface area contributed by atoms with Crippen molar-refractivity contribution in [3.63, 3.8) is 0 Å². The van der Waals surface area contributed by atoms with Crippen LogP contribution in [0.15, 0.2) is 30.3 Å². The lowest BCUT2D eigenvalue weighted by atomic mass is 9.93. The van der Waals surface area contributed by atoms with Crippen molar-refractivity contribution in [1.29, 1.82) is 0 Å². The molecule has 2 atom stereocenters. The highest BCUT2D eigenvalue weighted by Crippen LogP contribution is 2.25. The molecule has 0 radical (unpaired) electrons. The van der Waals surface area contributed by atoms with Crippen LogP contribution in [0.2, 0.25) is 0 Å². The number of carbonyl (C=O) groups is 4. The Labute approximate surface area is 164 Å². The highest BCUT2D eigenvalue weighted by Gasteiger charge is 2.38. The van der Waals surface area contributed by atoms with Gasteiger partial charge in [0.15, 0.2) is 0 Å². The highest BCUT2D eigenvalue weighted by atomic mass is 16.4. The molecule has 8 heteroatoms. The third kappa shape index (κ3) is 6.77. The van der Waals surface area contributed by atoms with Crippen LogP contribution < -0.4 is 5.73 Å². The monoisotopic (exact) mass is 392 g/mol. The van der Waals surface area contributed by atoms with Crippen molar-refractivity contribution < 1.29 is 29.4 Å². The lowest BCUT2D eigenvalue weighted by Crippen LogP contribution is -2.51. The molecule has 0 heterocycles. The first kappa shape index (κ1) is 23.3. The van der Waals surface area contributed by atoms with Gasteiger partial charge in [-0.15, -0.1) is 0 Å². The first-order valence-electron chi connectivity index (χ1n) is 9.38. The maximum absolute atomic E-state index is 13.2. The third-order valence-corrected chi connectivity index (χ3v) is 4.47. The van der Waals surface area contributed by atoms with E-state index in [1.165, 1.54) is 0 Å². The van der Waals surface area contributed by atoms with Crippen molar-refractivity contribution in [1.82, 2.24) is 4.90 Å². The lowest BCUT2D eigenvalue weighted by Gasteiger charge is -2.30. The van der Waals surface area contributed by atoms with Crippen molar-refractivity contribution in [2.75, 3.05) is 6.54 Å². The average molecular weight is 392 g/mol. The molecule has 2 amide bonds. The van der Waals surface area contributed by atoms with E-state index in [9.17, 15) is 24.3 Å². The zero-order chi connectivity index (χ0) is 21.1. The fourth-order valence-corrected chi connectivity index (χ4v) is 3.03. The number of amides is 2. The highest BCUT2D eigenvalue weighted by molar-refractivity contribution is 6.02. The first-order chi connectivity index (χ1) is 13.3. The largest absolute Gasteiger partial charge is 0.481 e. The van der Waals surface area contributed by atoms with Gasteiger partial charge in [-0.05, 0) is 31.4 Å². The molecule has 0 fully saturated rings. The summed E-state index contributed by atoms with van der Waals surface area (Å²) in [7, 11) is 0. The minimum absolute atomic E-state index is 0.0413. The SMILES string of the molecule is CCC(C(=O)N(C(=O)CCCCCN)C(CC(=O)O)C(=O)O)c1ccccc1. The van der Waals surface area contributed by atoms with E-state index in [4.69, 9.17) is 10.8 Å². The fraction of sp³-hybridized carbons (Fsp3) is 0.500. The minimum Gasteiger partial charge on any atom is -0.481 e. The molecule has 1 aromatic carbocycles. The Bertz CT molecular complexity index is 677. The van der Waals surface area contributed by atoms with E-state index in [2.05, 4.69) is 0 Å². The Morgan fingerprint density at radius 2 is 1.68 bits per heavy atom. The van der Waals surface area contributed by atoms with Crippen LogP contribution in [-0.2, 0) is 19.2 Å². The number of nitrogens with two attached hydrogens (primary N) is 1. The maximum atomic E-state index is 13.2. The van der Waals surface area contributed by atoms with Gasteiger partial charge in [0.1, 0.15) is 6.04 Å². The quantitative estimate of drug-likeness (QED) is 0.462. The molecule has 28 heavy (non-hydrogen) atoms. The standard InChI is InChI=1S/C20H28N2O6/c1-2-15(14-9-5-3-6-10-14)19(26)22(16(20(27)28)13-18(24)25)17(23)11-7-4-8-12-21/h3,5-6,9-10,15-16H,2,4,7-8,11-13,21H2,1H3,(H,24,25)(H,27,28). The van der Waals surface area contributed by atoms with Crippen LogP contribution >= 0.6 is 0 Å². The molecule has 2 unspecified atom stereocenters. The van der Waals surface area contributed by atoms with Crippen LogP contribution in [0.3, 0.4) is 0 Å². The van der Waals surface area contributed by atoms with Crippen LogP contribution in [0.25, 0.3) is 0 Å². The van der Waals surface area contributed by atoms with Gasteiger partial charge in [0.2, 0.25) is 11.8 Å². The molecule has 1 rings (SSSR count). The molecule has 8 nitrogen and oxygen atoms in total. The number of aliphatic carboxylic acids is 2. The predicted molar refractivity (Wildman–Crippen MR) is 103 cm³/mol. The third-order valence-electron chi connectivity index (χ3n) is 4.47. The van der Waals surface area contributed by atoms with Gasteiger partial charge >= 0.3 is 11.9 Å². The number of unbranched alkanes of at least 4 members (excludes halogenated alkanes) is 2. The number of rotatable bonds is 12. The summed E-state index contributed by atoms with van der Waals surface area (Å²) in [6.07, 6.45) is 1.28. The topological polar surface area (TPSA) is 138 Å². The van der Waals surface area contributed by atoms with Crippen molar-refractivity contribution in [3.8, 4) is 0 Å². The summed E-state index contributed by atoms with van der Waals surface area (Å²) in [4.78, 5) is 49.4. The molecule has 0 aliphatic carbocycles. The van der Waals surface area contributed by atoms with E-state index in [0.717, 1.165) is 0 Å². The minimum atomic E-state index is -1.75. The van der Waals surface area contributed by atoms with Gasteiger partial charge in [-0.3, -0.25) is 19.3 Å². The zero-order valence-corrected chi connectivity index (χ0v) is 16.0. The first-order valence-corrected chi connectivity index (χ1v) is 9.38. The number of benzene rings is 1. The Balaban J connectivity index is 3.19. The molecule has 0 aliphatic heterocycles. The van der Waals surface area contributed by atoms with E-state index in [0.29, 0.717) is 42.7 Å². The van der Waals surface area contributed by atoms with Crippen LogP contribution in [0.4, 0.5) is 0 Å². The van der Waals surface area contributed by atoms with Gasteiger partial charge in [0.25, 0.3) is 0 Å². The van der Waals surface area contributed by atoms with E-state index in [1.807, 2.05) is 0 Å². The summed E-state index contributed by atoms with van der Waals surface area (Å²) < 4.78 is 0. The number of hydrogen-bond donors (Lipinski definition) is 3. The van der Waals surface area contributed by atoms with Gasteiger partial charge in [-0.1, -0.05) is 43.7 Å². The molecule has 0 aromatic heterocycles. The molecule has 0 aliphatic rings. The molecule has 0 bridgehead atoms. The second kappa shape index (κ2) is 11.9. The molecule has 154 valence electrons. The van der Waals surface area contributed by atoms with Crippen LogP contribution in [0.1, 0.15) is 56.9 Å². The van der Waals surface area contributed by atoms with E-state index < -0.39 is 42.1 Å². The Morgan fingerprint density at radius 1 is 1.04 bits per heavy atom. The number of imide groups is 1. The summed E-state index contributed by atoms with van der Waals surface area (Å²) in [5, 5.41) is 18.6. The molecule has 0 saturated carbocycles. The van der Waals surface area contributed by atoms with Gasteiger partial charge in [0, 0.05) is 6.42 Å². The molecular formula is C20H28N2O6. The number of carboxylic acids is 2. The van der Waals surface area contributed by atoms with E-state index >= 15 is 0 Å². The second-order valence-electron chi connectivity index (χ2n) is 6.52. The fourth-order valence-electron chi connectivity index (χ4n) is 3.03. The van der Waals surface area contributed by atoms with Gasteiger partial charge in [-0.2, -0.15) is 0 Å². The van der Waals surface area contributed by atoms with E-state index in [1.54, 1.807) is 37.3 Å². The van der Waals surface area contributed by atoms with Crippen LogP contribution in [0, 0.1) is 0 Å². The Morgan fingerprint density at radius 3 is 2.18 bits per heavy atom. The summed E-state index contributed by atoms with van der Waals surface area (Å²) in [6, 6.07) is 6.98. The van der Waals surface area contributed by atoms with Gasteiger partial charge in [-0.25, -0.2) is 4.79 Å². The summed E-state index contributed by atoms with van der Waals surface area (Å²) in [6.45, 7) is 2.23. The lowest BCUT2D eigenvalue weighted by molar-refractivity contribution is -0.161. The molecule has 0 saturated heterocycles. The van der Waals surface area contributed by atoms with Crippen molar-refractivity contribution in [3.05, 3.63) is 35.9 Å². The smallest absolute Gasteiger partial charge is 0.327 e. The molecule has 4 N–H and O–H groups in total. The van der Waals surface area contributed by atoms with Crippen LogP contribution in [0.5, 0.6) is 0 Å². The Kier molecular flexibility index (Phi) is 9.87. The molecule has 1 aromatic rings. The number of carbonyl (C=O) groups excluding carboxylic acids is 2. The summed E-state index contributed by atoms with van der Waals surface area (Å²) >= 11 is 0. The Hall–Kier alpha value is -2.74. The molecule has 0 spiro atoms. The zero-order valence-electron chi connectivity index (χ0n) is 16.0. The maximum Gasteiger partial charge on any atom is 0.327 e. The summed E-state index contributed by atoms with van der Waals surface area (Å²) in [5.41, 5.74) is 6.07.